The van der Waals surface area contributed by atoms with Crippen LogP contribution >= 0.6 is 0 Å². The van der Waals surface area contributed by atoms with E-state index in [9.17, 15) is 8.42 Å². The van der Waals surface area contributed by atoms with E-state index in [1.54, 1.807) is 25.4 Å². The SMILES string of the molecule is Cc1ccc(S(=O)(=O)N(C)CCc2ccccn2)cc1C. The Kier molecular flexibility index (Phi) is 4.75. The highest BCUT2D eigenvalue weighted by atomic mass is 32.2. The molecule has 0 fully saturated rings. The van der Waals surface area contributed by atoms with Gasteiger partial charge in [-0.05, 0) is 49.2 Å². The fourth-order valence-corrected chi connectivity index (χ4v) is 3.25. The number of hydrogen-bond donors (Lipinski definition) is 0. The first-order chi connectivity index (χ1) is 9.91. The highest BCUT2D eigenvalue weighted by Gasteiger charge is 2.20. The predicted molar refractivity (Wildman–Crippen MR) is 83.7 cm³/mol. The Balaban J connectivity index is 2.13. The summed E-state index contributed by atoms with van der Waals surface area (Å²) < 4.78 is 26.4. The van der Waals surface area contributed by atoms with Gasteiger partial charge in [-0.2, -0.15) is 0 Å². The number of sulfonamides is 1. The van der Waals surface area contributed by atoms with Crippen molar-refractivity contribution in [3.05, 3.63) is 59.4 Å². The number of rotatable bonds is 5. The van der Waals surface area contributed by atoms with Crippen molar-refractivity contribution in [1.29, 1.82) is 0 Å². The Morgan fingerprint density at radius 2 is 1.86 bits per heavy atom. The molecule has 0 atom stereocenters. The quantitative estimate of drug-likeness (QED) is 0.853. The van der Waals surface area contributed by atoms with Crippen molar-refractivity contribution < 1.29 is 8.42 Å². The van der Waals surface area contributed by atoms with E-state index in [1.165, 1.54) is 4.31 Å². The van der Waals surface area contributed by atoms with Crippen LogP contribution in [0.1, 0.15) is 16.8 Å². The maximum atomic E-state index is 12.5. The van der Waals surface area contributed by atoms with Crippen LogP contribution in [0.3, 0.4) is 0 Å². The first-order valence-corrected chi connectivity index (χ1v) is 8.29. The highest BCUT2D eigenvalue weighted by molar-refractivity contribution is 7.89. The summed E-state index contributed by atoms with van der Waals surface area (Å²) in [6, 6.07) is 10.9. The molecule has 1 heterocycles. The molecule has 0 aliphatic rings. The van der Waals surface area contributed by atoms with Crippen LogP contribution < -0.4 is 0 Å². The largest absolute Gasteiger partial charge is 0.261 e. The molecule has 0 radical (unpaired) electrons. The molecular weight excluding hydrogens is 284 g/mol. The zero-order valence-electron chi connectivity index (χ0n) is 12.6. The summed E-state index contributed by atoms with van der Waals surface area (Å²) in [7, 11) is -1.84. The molecule has 21 heavy (non-hydrogen) atoms. The number of hydrogen-bond acceptors (Lipinski definition) is 3. The first kappa shape index (κ1) is 15.7. The standard InChI is InChI=1S/C16H20N2O2S/c1-13-7-8-16(12-14(13)2)21(19,20)18(3)11-9-15-6-4-5-10-17-15/h4-8,10,12H,9,11H2,1-3H3. The van der Waals surface area contributed by atoms with Crippen molar-refractivity contribution in [2.45, 2.75) is 25.2 Å². The van der Waals surface area contributed by atoms with Crippen LogP contribution in [0, 0.1) is 13.8 Å². The second kappa shape index (κ2) is 6.37. The van der Waals surface area contributed by atoms with E-state index < -0.39 is 10.0 Å². The lowest BCUT2D eigenvalue weighted by molar-refractivity contribution is 0.471. The van der Waals surface area contributed by atoms with Crippen LogP contribution in [0.4, 0.5) is 0 Å². The fourth-order valence-electron chi connectivity index (χ4n) is 1.99. The number of likely N-dealkylation sites (N-methyl/N-ethyl adjacent to an activating group) is 1. The van der Waals surface area contributed by atoms with Crippen LogP contribution in [0.5, 0.6) is 0 Å². The molecule has 2 aromatic rings. The number of benzene rings is 1. The van der Waals surface area contributed by atoms with Gasteiger partial charge < -0.3 is 0 Å². The predicted octanol–water partition coefficient (Wildman–Crippen LogP) is 2.56. The fraction of sp³-hybridized carbons (Fsp3) is 0.312. The molecular formula is C16H20N2O2S. The van der Waals surface area contributed by atoms with Gasteiger partial charge in [0.15, 0.2) is 0 Å². The smallest absolute Gasteiger partial charge is 0.242 e. The molecule has 0 saturated heterocycles. The monoisotopic (exact) mass is 304 g/mol. The van der Waals surface area contributed by atoms with Crippen LogP contribution in [0.15, 0.2) is 47.5 Å². The summed E-state index contributed by atoms with van der Waals surface area (Å²) in [4.78, 5) is 4.55. The van der Waals surface area contributed by atoms with Crippen molar-refractivity contribution in [3.63, 3.8) is 0 Å². The van der Waals surface area contributed by atoms with E-state index in [0.29, 0.717) is 17.9 Å². The Labute approximate surface area is 126 Å². The molecule has 0 aliphatic carbocycles. The summed E-state index contributed by atoms with van der Waals surface area (Å²) >= 11 is 0. The maximum Gasteiger partial charge on any atom is 0.242 e. The van der Waals surface area contributed by atoms with Crippen molar-refractivity contribution >= 4 is 10.0 Å². The molecule has 5 heteroatoms. The zero-order chi connectivity index (χ0) is 15.5. The molecule has 1 aromatic carbocycles. The van der Waals surface area contributed by atoms with Crippen LogP contribution in [0.2, 0.25) is 0 Å². The lowest BCUT2D eigenvalue weighted by atomic mass is 10.1. The molecule has 0 N–H and O–H groups in total. The molecule has 0 aliphatic heterocycles. The molecule has 0 amide bonds. The molecule has 1 aromatic heterocycles. The van der Waals surface area contributed by atoms with Gasteiger partial charge in [0.25, 0.3) is 0 Å². The van der Waals surface area contributed by atoms with Crippen molar-refractivity contribution in [1.82, 2.24) is 9.29 Å². The molecule has 0 spiro atoms. The van der Waals surface area contributed by atoms with E-state index in [4.69, 9.17) is 0 Å². The van der Waals surface area contributed by atoms with E-state index >= 15 is 0 Å². The van der Waals surface area contributed by atoms with Crippen molar-refractivity contribution in [2.75, 3.05) is 13.6 Å². The third kappa shape index (κ3) is 3.68. The zero-order valence-corrected chi connectivity index (χ0v) is 13.4. The second-order valence-corrected chi connectivity index (χ2v) is 7.19. The summed E-state index contributed by atoms with van der Waals surface area (Å²) in [6.45, 7) is 4.30. The van der Waals surface area contributed by atoms with Gasteiger partial charge in [-0.3, -0.25) is 4.98 Å². The molecule has 0 bridgehead atoms. The van der Waals surface area contributed by atoms with E-state index in [-0.39, 0.29) is 0 Å². The molecule has 2 rings (SSSR count). The maximum absolute atomic E-state index is 12.5. The van der Waals surface area contributed by atoms with Crippen LogP contribution in [-0.4, -0.2) is 31.3 Å². The normalized spacial score (nSPS) is 11.8. The number of pyridine rings is 1. The molecule has 0 unspecified atom stereocenters. The third-order valence-corrected chi connectivity index (χ3v) is 5.45. The Morgan fingerprint density at radius 1 is 1.10 bits per heavy atom. The van der Waals surface area contributed by atoms with Gasteiger partial charge in [0.05, 0.1) is 4.90 Å². The lowest BCUT2D eigenvalue weighted by Gasteiger charge is -2.17. The van der Waals surface area contributed by atoms with Gasteiger partial charge in [0.1, 0.15) is 0 Å². The average molecular weight is 304 g/mol. The third-order valence-electron chi connectivity index (χ3n) is 3.60. The Hall–Kier alpha value is -1.72. The minimum Gasteiger partial charge on any atom is -0.261 e. The van der Waals surface area contributed by atoms with Gasteiger partial charge in [0.2, 0.25) is 10.0 Å². The number of aryl methyl sites for hydroxylation is 2. The molecule has 112 valence electrons. The molecule has 4 nitrogen and oxygen atoms in total. The average Bonchev–Trinajstić information content (AvgIpc) is 2.48. The lowest BCUT2D eigenvalue weighted by Crippen LogP contribution is -2.29. The minimum absolute atomic E-state index is 0.342. The second-order valence-electron chi connectivity index (χ2n) is 5.14. The summed E-state index contributed by atoms with van der Waals surface area (Å²) in [5, 5.41) is 0. The molecule has 0 saturated carbocycles. The van der Waals surface area contributed by atoms with E-state index in [0.717, 1.165) is 16.8 Å². The summed E-state index contributed by atoms with van der Waals surface area (Å²) in [5.41, 5.74) is 2.96. The Morgan fingerprint density at radius 3 is 2.48 bits per heavy atom. The summed E-state index contributed by atoms with van der Waals surface area (Å²) in [6.07, 6.45) is 2.31. The number of aromatic nitrogens is 1. The van der Waals surface area contributed by atoms with Crippen molar-refractivity contribution in [3.8, 4) is 0 Å². The van der Waals surface area contributed by atoms with Crippen LogP contribution in [0.25, 0.3) is 0 Å². The number of nitrogens with zero attached hydrogens (tertiary/aromatic N) is 2. The van der Waals surface area contributed by atoms with Gasteiger partial charge >= 0.3 is 0 Å². The summed E-state index contributed by atoms with van der Waals surface area (Å²) in [5.74, 6) is 0. The van der Waals surface area contributed by atoms with Gasteiger partial charge in [-0.1, -0.05) is 12.1 Å². The Bertz CT molecular complexity index is 712. The van der Waals surface area contributed by atoms with Gasteiger partial charge in [-0.25, -0.2) is 12.7 Å². The van der Waals surface area contributed by atoms with E-state index in [2.05, 4.69) is 4.98 Å². The van der Waals surface area contributed by atoms with E-state index in [1.807, 2.05) is 38.1 Å². The highest BCUT2D eigenvalue weighted by Crippen LogP contribution is 2.18. The minimum atomic E-state index is -3.44. The van der Waals surface area contributed by atoms with Gasteiger partial charge in [-0.15, -0.1) is 0 Å². The first-order valence-electron chi connectivity index (χ1n) is 6.85. The van der Waals surface area contributed by atoms with Crippen molar-refractivity contribution in [2.24, 2.45) is 0 Å². The topological polar surface area (TPSA) is 50.3 Å². The van der Waals surface area contributed by atoms with Gasteiger partial charge in [0, 0.05) is 31.9 Å². The van der Waals surface area contributed by atoms with Crippen LogP contribution in [-0.2, 0) is 16.4 Å².